The van der Waals surface area contributed by atoms with Gasteiger partial charge in [0.25, 0.3) is 0 Å². The molecule has 1 heterocycles. The molecule has 0 spiro atoms. The highest BCUT2D eigenvalue weighted by Gasteiger charge is 2.18. The van der Waals surface area contributed by atoms with E-state index < -0.39 is 0 Å². The van der Waals surface area contributed by atoms with Gasteiger partial charge in [-0.1, -0.05) is 24.3 Å². The third-order valence-corrected chi connectivity index (χ3v) is 6.76. The summed E-state index contributed by atoms with van der Waals surface area (Å²) in [4.78, 5) is 20.1. The van der Waals surface area contributed by atoms with Crippen molar-refractivity contribution < 1.29 is 14.3 Å². The van der Waals surface area contributed by atoms with Crippen LogP contribution in [0, 0.1) is 0 Å². The van der Waals surface area contributed by atoms with E-state index in [1.165, 1.54) is 0 Å². The molecule has 0 bridgehead atoms. The molecule has 6 heteroatoms. The Kier molecular flexibility index (Phi) is 8.64. The molecule has 0 amide bonds. The Morgan fingerprint density at radius 1 is 0.919 bits per heavy atom. The van der Waals surface area contributed by atoms with E-state index >= 15 is 0 Å². The van der Waals surface area contributed by atoms with Gasteiger partial charge >= 0.3 is 0 Å². The van der Waals surface area contributed by atoms with E-state index in [4.69, 9.17) is 9.47 Å². The summed E-state index contributed by atoms with van der Waals surface area (Å²) in [6.07, 6.45) is 3.63. The number of para-hydroxylation sites is 1. The number of nitrogens with zero attached hydrogens (tertiary/aromatic N) is 3. The molecule has 4 rings (SSSR count). The van der Waals surface area contributed by atoms with Gasteiger partial charge in [-0.05, 0) is 80.8 Å². The number of rotatable bonds is 9. The lowest BCUT2D eigenvalue weighted by Crippen LogP contribution is -2.44. The molecule has 0 atom stereocenters. The van der Waals surface area contributed by atoms with Crippen LogP contribution in [0.15, 0.2) is 66.7 Å². The van der Waals surface area contributed by atoms with Crippen LogP contribution in [0.25, 0.3) is 17.2 Å². The maximum atomic E-state index is 13.3. The number of ketones is 1. The van der Waals surface area contributed by atoms with Crippen molar-refractivity contribution in [1.82, 2.24) is 9.80 Å². The fraction of sp³-hybridized carbons (Fsp3) is 0.323. The molecule has 0 saturated carbocycles. The van der Waals surface area contributed by atoms with Gasteiger partial charge in [0.2, 0.25) is 0 Å². The first kappa shape index (κ1) is 26.5. The normalized spacial score (nSPS) is 14.4. The van der Waals surface area contributed by atoms with E-state index in [1.54, 1.807) is 20.3 Å². The second kappa shape index (κ2) is 12.1. The number of hydrogen-bond acceptors (Lipinski definition) is 6. The maximum absolute atomic E-state index is 13.3. The number of likely N-dealkylation sites (N-methyl/N-ethyl adjacent to an activating group) is 1. The van der Waals surface area contributed by atoms with Gasteiger partial charge in [0, 0.05) is 55.1 Å². The van der Waals surface area contributed by atoms with Crippen molar-refractivity contribution in [3.63, 3.8) is 0 Å². The SMILES string of the molecule is COc1ccc(C(=O)C=Cc2cc(-c3ccccc3OC)ccc2N2CCN(C)CC2)cc1CN(C)C. The van der Waals surface area contributed by atoms with Gasteiger partial charge in [-0.2, -0.15) is 0 Å². The van der Waals surface area contributed by atoms with Gasteiger partial charge in [0.15, 0.2) is 5.78 Å². The van der Waals surface area contributed by atoms with E-state index in [-0.39, 0.29) is 5.78 Å². The van der Waals surface area contributed by atoms with E-state index in [2.05, 4.69) is 46.0 Å². The van der Waals surface area contributed by atoms with Crippen molar-refractivity contribution in [2.75, 3.05) is 66.4 Å². The van der Waals surface area contributed by atoms with Crippen LogP contribution < -0.4 is 14.4 Å². The van der Waals surface area contributed by atoms with Crippen LogP contribution in [0.2, 0.25) is 0 Å². The van der Waals surface area contributed by atoms with E-state index in [0.29, 0.717) is 12.1 Å². The lowest BCUT2D eigenvalue weighted by molar-refractivity contribution is 0.104. The van der Waals surface area contributed by atoms with Crippen molar-refractivity contribution in [1.29, 1.82) is 0 Å². The first-order chi connectivity index (χ1) is 17.9. The predicted molar refractivity (Wildman–Crippen MR) is 152 cm³/mol. The summed E-state index contributed by atoms with van der Waals surface area (Å²) in [6, 6.07) is 20.1. The van der Waals surface area contributed by atoms with Gasteiger partial charge in [-0.25, -0.2) is 0 Å². The highest BCUT2D eigenvalue weighted by Crippen LogP contribution is 2.34. The Morgan fingerprint density at radius 2 is 1.65 bits per heavy atom. The third-order valence-electron chi connectivity index (χ3n) is 6.76. The molecule has 0 radical (unpaired) electrons. The van der Waals surface area contributed by atoms with Crippen LogP contribution in [0.5, 0.6) is 11.5 Å². The molecule has 0 unspecified atom stereocenters. The minimum Gasteiger partial charge on any atom is -0.496 e. The molecule has 3 aromatic rings. The van der Waals surface area contributed by atoms with Crippen molar-refractivity contribution in [2.45, 2.75) is 6.54 Å². The van der Waals surface area contributed by atoms with E-state index in [9.17, 15) is 4.79 Å². The summed E-state index contributed by atoms with van der Waals surface area (Å²) in [5.74, 6) is 1.58. The quantitative estimate of drug-likeness (QED) is 0.302. The molecule has 0 aromatic heterocycles. The second-order valence-corrected chi connectivity index (χ2v) is 9.73. The summed E-state index contributed by atoms with van der Waals surface area (Å²) >= 11 is 0. The zero-order valence-corrected chi connectivity index (χ0v) is 22.5. The van der Waals surface area contributed by atoms with Crippen LogP contribution in [0.4, 0.5) is 5.69 Å². The van der Waals surface area contributed by atoms with Gasteiger partial charge < -0.3 is 24.2 Å². The van der Waals surface area contributed by atoms with Crippen LogP contribution in [-0.2, 0) is 6.54 Å². The number of carbonyl (C=O) groups is 1. The molecule has 1 aliphatic heterocycles. The lowest BCUT2D eigenvalue weighted by Gasteiger charge is -2.35. The highest BCUT2D eigenvalue weighted by atomic mass is 16.5. The summed E-state index contributed by atoms with van der Waals surface area (Å²) in [6.45, 7) is 4.62. The van der Waals surface area contributed by atoms with Gasteiger partial charge in [0.1, 0.15) is 11.5 Å². The lowest BCUT2D eigenvalue weighted by atomic mass is 9.99. The number of piperazine rings is 1. The van der Waals surface area contributed by atoms with Crippen molar-refractivity contribution in [3.05, 3.63) is 83.4 Å². The Bertz CT molecular complexity index is 1260. The van der Waals surface area contributed by atoms with Crippen molar-refractivity contribution >= 4 is 17.5 Å². The number of hydrogen-bond donors (Lipinski definition) is 0. The molecular formula is C31H37N3O3. The van der Waals surface area contributed by atoms with E-state index in [1.807, 2.05) is 56.6 Å². The maximum Gasteiger partial charge on any atom is 0.185 e. The molecule has 6 nitrogen and oxygen atoms in total. The average molecular weight is 500 g/mol. The number of benzene rings is 3. The fourth-order valence-corrected chi connectivity index (χ4v) is 4.73. The smallest absolute Gasteiger partial charge is 0.185 e. The van der Waals surface area contributed by atoms with Crippen LogP contribution in [0.1, 0.15) is 21.5 Å². The van der Waals surface area contributed by atoms with Crippen LogP contribution in [0.3, 0.4) is 0 Å². The zero-order valence-electron chi connectivity index (χ0n) is 22.5. The van der Waals surface area contributed by atoms with Gasteiger partial charge in [0.05, 0.1) is 14.2 Å². The number of ether oxygens (including phenoxy) is 2. The van der Waals surface area contributed by atoms with Gasteiger partial charge in [-0.15, -0.1) is 0 Å². The first-order valence-corrected chi connectivity index (χ1v) is 12.6. The zero-order chi connectivity index (χ0) is 26.4. The third kappa shape index (κ3) is 6.40. The standard InChI is InChI=1S/C31H37N3O3/c1-32(2)22-26-21-25(12-15-30(26)36-4)29(35)14-11-24-20-23(27-8-6-7-9-31(27)37-5)10-13-28(24)34-18-16-33(3)17-19-34/h6-15,20-21H,16-19,22H2,1-5H3. The fourth-order valence-electron chi connectivity index (χ4n) is 4.73. The largest absolute Gasteiger partial charge is 0.496 e. The Hall–Kier alpha value is -3.61. The molecule has 1 saturated heterocycles. The number of anilines is 1. The van der Waals surface area contributed by atoms with E-state index in [0.717, 1.165) is 65.6 Å². The Balaban J connectivity index is 1.69. The molecule has 37 heavy (non-hydrogen) atoms. The minimum atomic E-state index is -0.0327. The molecule has 3 aromatic carbocycles. The molecule has 194 valence electrons. The second-order valence-electron chi connectivity index (χ2n) is 9.73. The first-order valence-electron chi connectivity index (χ1n) is 12.6. The molecule has 1 aliphatic rings. The molecule has 1 fully saturated rings. The van der Waals surface area contributed by atoms with Crippen molar-refractivity contribution in [2.24, 2.45) is 0 Å². The predicted octanol–water partition coefficient (Wildman–Crippen LogP) is 5.08. The molecule has 0 N–H and O–H groups in total. The number of carbonyl (C=O) groups excluding carboxylic acids is 1. The van der Waals surface area contributed by atoms with Crippen molar-refractivity contribution in [3.8, 4) is 22.6 Å². The van der Waals surface area contributed by atoms with Crippen LogP contribution >= 0.6 is 0 Å². The minimum absolute atomic E-state index is 0.0327. The Labute approximate surface area is 220 Å². The highest BCUT2D eigenvalue weighted by molar-refractivity contribution is 6.07. The average Bonchev–Trinajstić information content (AvgIpc) is 2.91. The summed E-state index contributed by atoms with van der Waals surface area (Å²) in [7, 11) is 9.51. The van der Waals surface area contributed by atoms with Crippen LogP contribution in [-0.4, -0.2) is 77.1 Å². The molecular weight excluding hydrogens is 462 g/mol. The monoisotopic (exact) mass is 499 g/mol. The summed E-state index contributed by atoms with van der Waals surface area (Å²) in [5.41, 5.74) is 5.88. The topological polar surface area (TPSA) is 45.3 Å². The number of methoxy groups -OCH3 is 2. The summed E-state index contributed by atoms with van der Waals surface area (Å²) in [5, 5.41) is 0. The summed E-state index contributed by atoms with van der Waals surface area (Å²) < 4.78 is 11.1. The number of allylic oxidation sites excluding steroid dienone is 1. The molecule has 0 aliphatic carbocycles. The van der Waals surface area contributed by atoms with Gasteiger partial charge in [-0.3, -0.25) is 4.79 Å². The Morgan fingerprint density at radius 3 is 2.35 bits per heavy atom.